The molecule has 0 aliphatic heterocycles. The number of carbonyl (C=O) groups is 2. The molecule has 0 aromatic carbocycles. The second kappa shape index (κ2) is 17.8. The Morgan fingerprint density at radius 3 is 1.88 bits per heavy atom. The van der Waals surface area contributed by atoms with E-state index in [-0.39, 0.29) is 17.9 Å². The first-order valence-electron chi connectivity index (χ1n) is 10.6. The molecular weight excluding hydrogens is 314 g/mol. The number of hydrogen-bond donors (Lipinski definition) is 1. The highest BCUT2D eigenvalue weighted by Crippen LogP contribution is 2.09. The van der Waals surface area contributed by atoms with Crippen LogP contribution in [0.5, 0.6) is 0 Å². The molecule has 4 heteroatoms. The zero-order valence-electron chi connectivity index (χ0n) is 16.9. The maximum absolute atomic E-state index is 11.7. The Hall–Kier alpha value is -1.06. The number of ether oxygens (including phenoxy) is 1. The van der Waals surface area contributed by atoms with Gasteiger partial charge >= 0.3 is 5.97 Å². The maximum Gasteiger partial charge on any atom is 0.305 e. The van der Waals surface area contributed by atoms with E-state index in [9.17, 15) is 9.59 Å². The summed E-state index contributed by atoms with van der Waals surface area (Å²) in [7, 11) is 0. The number of amides is 1. The van der Waals surface area contributed by atoms with Gasteiger partial charge in [-0.1, -0.05) is 72.1 Å². The molecule has 0 rings (SSSR count). The monoisotopic (exact) mass is 355 g/mol. The fourth-order valence-corrected chi connectivity index (χ4v) is 2.86. The van der Waals surface area contributed by atoms with Crippen molar-refractivity contribution in [3.05, 3.63) is 0 Å². The summed E-state index contributed by atoms with van der Waals surface area (Å²) in [4.78, 5) is 23.4. The van der Waals surface area contributed by atoms with E-state index in [1.165, 1.54) is 44.9 Å². The number of rotatable bonds is 17. The van der Waals surface area contributed by atoms with Crippen molar-refractivity contribution in [3.63, 3.8) is 0 Å². The van der Waals surface area contributed by atoms with Crippen LogP contribution in [0.4, 0.5) is 0 Å². The molecule has 0 saturated carbocycles. The van der Waals surface area contributed by atoms with Gasteiger partial charge in [0, 0.05) is 18.9 Å². The van der Waals surface area contributed by atoms with Crippen molar-refractivity contribution >= 4 is 11.9 Å². The molecule has 0 bridgehead atoms. The number of unbranched alkanes of at least 4 members (excludes halogenated alkanes) is 8. The fourth-order valence-electron chi connectivity index (χ4n) is 2.86. The van der Waals surface area contributed by atoms with Gasteiger partial charge in [0.05, 0.1) is 6.61 Å². The van der Waals surface area contributed by atoms with E-state index < -0.39 is 0 Å². The van der Waals surface area contributed by atoms with Crippen molar-refractivity contribution in [1.82, 2.24) is 5.32 Å². The van der Waals surface area contributed by atoms with Gasteiger partial charge in [0.1, 0.15) is 0 Å². The van der Waals surface area contributed by atoms with Gasteiger partial charge in [0.25, 0.3) is 0 Å². The Balaban J connectivity index is 3.40. The molecular formula is C21H41NO3. The Labute approximate surface area is 155 Å². The van der Waals surface area contributed by atoms with Crippen LogP contribution in [0.25, 0.3) is 0 Å². The first-order valence-corrected chi connectivity index (χ1v) is 10.6. The lowest BCUT2D eigenvalue weighted by atomic mass is 10.1. The summed E-state index contributed by atoms with van der Waals surface area (Å²) in [5, 5.41) is 2.99. The van der Waals surface area contributed by atoms with Crippen molar-refractivity contribution in [2.45, 2.75) is 117 Å². The van der Waals surface area contributed by atoms with Crippen molar-refractivity contribution < 1.29 is 14.3 Å². The van der Waals surface area contributed by atoms with E-state index in [1.54, 1.807) is 0 Å². The van der Waals surface area contributed by atoms with Crippen LogP contribution in [-0.2, 0) is 14.3 Å². The second-order valence-electron chi connectivity index (χ2n) is 6.98. The molecule has 0 radical (unpaired) electrons. The van der Waals surface area contributed by atoms with Crippen molar-refractivity contribution in [1.29, 1.82) is 0 Å². The normalized spacial score (nSPS) is 10.9. The second-order valence-corrected chi connectivity index (χ2v) is 6.98. The molecule has 0 saturated heterocycles. The van der Waals surface area contributed by atoms with Gasteiger partial charge in [-0.3, -0.25) is 9.59 Å². The summed E-state index contributed by atoms with van der Waals surface area (Å²) in [6, 6.07) is 0.256. The molecule has 25 heavy (non-hydrogen) atoms. The van der Waals surface area contributed by atoms with E-state index >= 15 is 0 Å². The molecule has 1 N–H and O–H groups in total. The van der Waals surface area contributed by atoms with Gasteiger partial charge in [-0.15, -0.1) is 0 Å². The lowest BCUT2D eigenvalue weighted by Gasteiger charge is -2.14. The van der Waals surface area contributed by atoms with Crippen LogP contribution in [0.15, 0.2) is 0 Å². The van der Waals surface area contributed by atoms with E-state index in [2.05, 4.69) is 26.1 Å². The molecule has 0 atom stereocenters. The van der Waals surface area contributed by atoms with Crippen molar-refractivity contribution in [2.75, 3.05) is 6.61 Å². The van der Waals surface area contributed by atoms with E-state index in [4.69, 9.17) is 4.74 Å². The molecule has 0 unspecified atom stereocenters. The molecule has 1 amide bonds. The van der Waals surface area contributed by atoms with Gasteiger partial charge in [0.15, 0.2) is 0 Å². The Bertz CT molecular complexity index is 327. The summed E-state index contributed by atoms with van der Waals surface area (Å²) >= 11 is 0. The SMILES string of the molecule is CCCCCCCCCCCOC(=O)CCCC(=O)NC(CC)CC. The van der Waals surface area contributed by atoms with Crippen LogP contribution < -0.4 is 5.32 Å². The Kier molecular flexibility index (Phi) is 17.0. The molecule has 0 heterocycles. The largest absolute Gasteiger partial charge is 0.466 e. The predicted molar refractivity (Wildman–Crippen MR) is 105 cm³/mol. The summed E-state index contributed by atoms with van der Waals surface area (Å²) in [6.07, 6.45) is 14.5. The van der Waals surface area contributed by atoms with Crippen molar-refractivity contribution in [2.24, 2.45) is 0 Å². The fraction of sp³-hybridized carbons (Fsp3) is 0.905. The minimum atomic E-state index is -0.171. The number of carbonyl (C=O) groups excluding carboxylic acids is 2. The van der Waals surface area contributed by atoms with Gasteiger partial charge in [0.2, 0.25) is 5.91 Å². The summed E-state index contributed by atoms with van der Waals surface area (Å²) in [5.74, 6) is -0.129. The lowest BCUT2D eigenvalue weighted by Crippen LogP contribution is -2.33. The average Bonchev–Trinajstić information content (AvgIpc) is 2.61. The van der Waals surface area contributed by atoms with Crippen LogP contribution in [-0.4, -0.2) is 24.5 Å². The highest BCUT2D eigenvalue weighted by Gasteiger charge is 2.09. The first kappa shape index (κ1) is 23.9. The molecule has 0 aromatic rings. The maximum atomic E-state index is 11.7. The van der Waals surface area contributed by atoms with Crippen molar-refractivity contribution in [3.8, 4) is 0 Å². The zero-order valence-corrected chi connectivity index (χ0v) is 16.9. The van der Waals surface area contributed by atoms with Crippen LogP contribution in [0, 0.1) is 0 Å². The zero-order chi connectivity index (χ0) is 18.8. The third kappa shape index (κ3) is 16.2. The van der Waals surface area contributed by atoms with Crippen LogP contribution >= 0.6 is 0 Å². The number of hydrogen-bond acceptors (Lipinski definition) is 3. The molecule has 0 spiro atoms. The number of esters is 1. The van der Waals surface area contributed by atoms with E-state index in [1.807, 2.05) is 0 Å². The Morgan fingerprint density at radius 1 is 0.760 bits per heavy atom. The molecule has 0 aromatic heterocycles. The van der Waals surface area contributed by atoms with E-state index in [0.29, 0.717) is 25.9 Å². The smallest absolute Gasteiger partial charge is 0.305 e. The first-order chi connectivity index (χ1) is 12.1. The van der Waals surface area contributed by atoms with Gasteiger partial charge in [-0.25, -0.2) is 0 Å². The Morgan fingerprint density at radius 2 is 1.32 bits per heavy atom. The quantitative estimate of drug-likeness (QED) is 0.275. The highest BCUT2D eigenvalue weighted by molar-refractivity contribution is 5.77. The number of nitrogens with one attached hydrogen (secondary N) is 1. The van der Waals surface area contributed by atoms with Crippen LogP contribution in [0.2, 0.25) is 0 Å². The topological polar surface area (TPSA) is 55.4 Å². The summed E-state index contributed by atoms with van der Waals surface area (Å²) in [5.41, 5.74) is 0. The highest BCUT2D eigenvalue weighted by atomic mass is 16.5. The molecule has 148 valence electrons. The summed E-state index contributed by atoms with van der Waals surface area (Å²) < 4.78 is 5.24. The average molecular weight is 356 g/mol. The lowest BCUT2D eigenvalue weighted by molar-refractivity contribution is -0.143. The van der Waals surface area contributed by atoms with Gasteiger partial charge < -0.3 is 10.1 Å². The van der Waals surface area contributed by atoms with Gasteiger partial charge in [-0.2, -0.15) is 0 Å². The summed E-state index contributed by atoms with van der Waals surface area (Å²) in [6.45, 7) is 6.90. The third-order valence-corrected chi connectivity index (χ3v) is 4.65. The minimum Gasteiger partial charge on any atom is -0.466 e. The molecule has 0 aliphatic carbocycles. The standard InChI is InChI=1S/C21H41NO3/c1-4-7-8-9-10-11-12-13-14-18-25-21(24)17-15-16-20(23)22-19(5-2)6-3/h19H,4-18H2,1-3H3,(H,22,23). The van der Waals surface area contributed by atoms with E-state index in [0.717, 1.165) is 25.7 Å². The predicted octanol–water partition coefficient (Wildman–Crippen LogP) is 5.54. The molecule has 0 fully saturated rings. The third-order valence-electron chi connectivity index (χ3n) is 4.65. The van der Waals surface area contributed by atoms with Gasteiger partial charge in [-0.05, 0) is 25.7 Å². The molecule has 4 nitrogen and oxygen atoms in total. The minimum absolute atomic E-state index is 0.0421. The van der Waals surface area contributed by atoms with Crippen LogP contribution in [0.1, 0.15) is 111 Å². The molecule has 0 aliphatic rings. The van der Waals surface area contributed by atoms with Crippen LogP contribution in [0.3, 0.4) is 0 Å².